The van der Waals surface area contributed by atoms with Crippen molar-refractivity contribution in [1.29, 1.82) is 10.5 Å². The summed E-state index contributed by atoms with van der Waals surface area (Å²) < 4.78 is 29.9. The molecule has 0 aromatic carbocycles. The normalized spacial score (nSPS) is 13.8. The lowest BCUT2D eigenvalue weighted by Gasteiger charge is -2.15. The Kier molecular flexibility index (Phi) is 14.4. The molecule has 0 bridgehead atoms. The van der Waals surface area contributed by atoms with E-state index in [0.717, 1.165) is 0 Å². The molecule has 2 aliphatic carbocycles. The Morgan fingerprint density at radius 1 is 0.837 bits per heavy atom. The summed E-state index contributed by atoms with van der Waals surface area (Å²) in [6, 6.07) is 6.70. The van der Waals surface area contributed by atoms with Crippen LogP contribution in [0.15, 0.2) is 35.7 Å². The van der Waals surface area contributed by atoms with Crippen molar-refractivity contribution in [3.05, 3.63) is 57.9 Å². The number of nitrogens with zero attached hydrogens (tertiary/aromatic N) is 4. The van der Waals surface area contributed by atoms with Gasteiger partial charge in [-0.1, -0.05) is 11.6 Å². The van der Waals surface area contributed by atoms with Gasteiger partial charge in [-0.15, -0.1) is 0 Å². The smallest absolute Gasteiger partial charge is 0.339 e. The van der Waals surface area contributed by atoms with Gasteiger partial charge in [0.05, 0.1) is 18.2 Å². The molecule has 2 aromatic rings. The first kappa shape index (κ1) is 36.0. The quantitative estimate of drug-likeness (QED) is 0.270. The fourth-order valence-electron chi connectivity index (χ4n) is 3.53. The number of hydrogen-bond donors (Lipinski definition) is 1. The molecule has 1 N–H and O–H groups in total. The van der Waals surface area contributed by atoms with Gasteiger partial charge in [-0.25, -0.2) is 9.97 Å². The first-order chi connectivity index (χ1) is 20.3. The number of carbonyl (C=O) groups excluding carboxylic acids is 2. The maximum absolute atomic E-state index is 11.7. The number of Topliss-reactive ketones (excluding diaryl/α,β-unsaturated/α-hetero) is 2. The van der Waals surface area contributed by atoms with Crippen molar-refractivity contribution in [2.45, 2.75) is 12.8 Å². The molecule has 0 spiro atoms. The molecule has 0 amide bonds. The monoisotopic (exact) mass is 690 g/mol. The molecular weight excluding hydrogens is 669 g/mol. The van der Waals surface area contributed by atoms with Crippen LogP contribution in [0.25, 0.3) is 10.8 Å². The van der Waals surface area contributed by atoms with Crippen LogP contribution in [0.5, 0.6) is 11.8 Å². The molecule has 2 aliphatic rings. The zero-order valence-electron chi connectivity index (χ0n) is 22.6. The maximum atomic E-state index is 11.7. The van der Waals surface area contributed by atoms with E-state index in [2.05, 4.69) is 43.7 Å². The number of aliphatic hydroxyl groups excluding tert-OH is 1. The molecular formula is C26H23Cl4N4O8P. The number of aliphatic hydroxyl groups is 1. The molecule has 0 saturated heterocycles. The molecule has 0 atom stereocenters. The Labute approximate surface area is 266 Å². The standard InChI is InChI=1S/C13H11ClN2O3.C13H12N2O4.Cl3OP/c1-18-2-3-19-12-5-9-8(7-16-12)4-11(17)10(6-15)13(9)14;1-18-2-3-19-12-5-9-8(7-15-12)4-11(16)10(6-14)13(9)17;1-5(2,3)4/h5,7H,2-4H2,1H3;5,7,17H,2-4H2,1H3;. The summed E-state index contributed by atoms with van der Waals surface area (Å²) in [5, 5.41) is 24.6. The summed E-state index contributed by atoms with van der Waals surface area (Å²) in [5.41, 5.74) is 2.09. The Morgan fingerprint density at radius 2 is 1.26 bits per heavy atom. The van der Waals surface area contributed by atoms with E-state index in [1.807, 2.05) is 6.07 Å². The second kappa shape index (κ2) is 17.2. The van der Waals surface area contributed by atoms with E-state index in [0.29, 0.717) is 60.4 Å². The van der Waals surface area contributed by atoms with Gasteiger partial charge in [0, 0.05) is 62.7 Å². The van der Waals surface area contributed by atoms with Gasteiger partial charge in [-0.05, 0) is 44.8 Å². The Hall–Kier alpha value is -3.19. The van der Waals surface area contributed by atoms with Crippen molar-refractivity contribution in [2.24, 2.45) is 0 Å². The molecule has 2 heterocycles. The summed E-state index contributed by atoms with van der Waals surface area (Å²) in [4.78, 5) is 31.4. The molecule has 12 nitrogen and oxygen atoms in total. The lowest BCUT2D eigenvalue weighted by Crippen LogP contribution is -2.16. The number of allylic oxidation sites excluding steroid dienone is 2. The SMILES string of the molecule is COCCOc1cc2c(cn1)CC(=O)C(C#N)=C2Cl.COCCOc1cc2c(cn1)CC(=O)C(C#N)=C2O.O=P(Cl)(Cl)Cl. The zero-order chi connectivity index (χ0) is 32.2. The second-order valence-electron chi connectivity index (χ2n) is 8.28. The minimum Gasteiger partial charge on any atom is -0.506 e. The number of ether oxygens (including phenoxy) is 4. The van der Waals surface area contributed by atoms with Crippen LogP contribution in [0, 0.1) is 22.7 Å². The van der Waals surface area contributed by atoms with Gasteiger partial charge in [0.25, 0.3) is 0 Å². The largest absolute Gasteiger partial charge is 0.506 e. The summed E-state index contributed by atoms with van der Waals surface area (Å²) in [7, 11) is 3.14. The van der Waals surface area contributed by atoms with E-state index < -0.39 is 11.0 Å². The Bertz CT molecular complexity index is 1450. The number of nitriles is 2. The first-order valence-corrected chi connectivity index (χ1v) is 16.7. The fourth-order valence-corrected chi connectivity index (χ4v) is 3.85. The number of halogens is 4. The first-order valence-electron chi connectivity index (χ1n) is 11.9. The van der Waals surface area contributed by atoms with Crippen molar-refractivity contribution in [1.82, 2.24) is 9.97 Å². The highest BCUT2D eigenvalue weighted by Gasteiger charge is 2.27. The third-order valence-corrected chi connectivity index (χ3v) is 5.82. The van der Waals surface area contributed by atoms with Gasteiger partial charge in [0.2, 0.25) is 11.8 Å². The predicted molar refractivity (Wildman–Crippen MR) is 159 cm³/mol. The Morgan fingerprint density at radius 3 is 1.70 bits per heavy atom. The van der Waals surface area contributed by atoms with Crippen LogP contribution < -0.4 is 9.47 Å². The second-order valence-corrected chi connectivity index (χ2v) is 15.3. The number of rotatable bonds is 8. The van der Waals surface area contributed by atoms with E-state index >= 15 is 0 Å². The summed E-state index contributed by atoms with van der Waals surface area (Å²) in [6.45, 7) is 1.57. The molecule has 43 heavy (non-hydrogen) atoms. The van der Waals surface area contributed by atoms with Gasteiger partial charge in [-0.2, -0.15) is 10.5 Å². The van der Waals surface area contributed by atoms with E-state index in [9.17, 15) is 19.3 Å². The fraction of sp³-hybridized carbons (Fsp3) is 0.308. The highest BCUT2D eigenvalue weighted by molar-refractivity contribution is 8.24. The van der Waals surface area contributed by atoms with E-state index in [1.165, 1.54) is 12.3 Å². The van der Waals surface area contributed by atoms with Crippen LogP contribution in [0.2, 0.25) is 0 Å². The number of fused-ring (bicyclic) bond motifs is 2. The molecule has 4 rings (SSSR count). The summed E-state index contributed by atoms with van der Waals surface area (Å²) in [6.07, 6.45) is 3.22. The van der Waals surface area contributed by atoms with Gasteiger partial charge in [-0.3, -0.25) is 14.2 Å². The van der Waals surface area contributed by atoms with Gasteiger partial charge in [0.1, 0.15) is 42.3 Å². The molecule has 2 aromatic heterocycles. The van der Waals surface area contributed by atoms with E-state index in [4.69, 9.17) is 41.1 Å². The van der Waals surface area contributed by atoms with Crippen LogP contribution >= 0.6 is 50.5 Å². The van der Waals surface area contributed by atoms with Crippen molar-refractivity contribution < 1.29 is 38.2 Å². The lowest BCUT2D eigenvalue weighted by atomic mass is 9.91. The van der Waals surface area contributed by atoms with Crippen LogP contribution in [-0.4, -0.2) is 67.3 Å². The molecule has 0 radical (unpaired) electrons. The van der Waals surface area contributed by atoms with Crippen LogP contribution in [0.3, 0.4) is 0 Å². The minimum atomic E-state index is -3.22. The molecule has 0 fully saturated rings. The highest BCUT2D eigenvalue weighted by atomic mass is 36.0. The van der Waals surface area contributed by atoms with Gasteiger partial charge < -0.3 is 24.1 Å². The average molecular weight is 692 g/mol. The molecule has 17 heteroatoms. The predicted octanol–water partition coefficient (Wildman–Crippen LogP) is 5.54. The molecule has 228 valence electrons. The van der Waals surface area contributed by atoms with Gasteiger partial charge >= 0.3 is 5.20 Å². The van der Waals surface area contributed by atoms with Crippen molar-refractivity contribution in [2.75, 3.05) is 40.6 Å². The zero-order valence-corrected chi connectivity index (χ0v) is 26.5. The molecule has 0 unspecified atom stereocenters. The summed E-state index contributed by atoms with van der Waals surface area (Å²) in [5.74, 6) is -0.292. The molecule has 0 saturated carbocycles. The van der Waals surface area contributed by atoms with Crippen LogP contribution in [0.4, 0.5) is 0 Å². The van der Waals surface area contributed by atoms with Gasteiger partial charge in [0.15, 0.2) is 11.6 Å². The number of ketones is 2. The van der Waals surface area contributed by atoms with Crippen molar-refractivity contribution >= 4 is 72.9 Å². The number of pyridine rings is 2. The topological polar surface area (TPSA) is 182 Å². The summed E-state index contributed by atoms with van der Waals surface area (Å²) >= 11 is 19.9. The number of aromatic nitrogens is 2. The average Bonchev–Trinajstić information content (AvgIpc) is 2.94. The van der Waals surface area contributed by atoms with E-state index in [-0.39, 0.29) is 40.6 Å². The third kappa shape index (κ3) is 11.1. The highest BCUT2D eigenvalue weighted by Crippen LogP contribution is 2.61. The van der Waals surface area contributed by atoms with Crippen molar-refractivity contribution in [3.63, 3.8) is 0 Å². The Balaban J connectivity index is 0.000000260. The number of methoxy groups -OCH3 is 2. The number of hydrogen-bond acceptors (Lipinski definition) is 12. The lowest BCUT2D eigenvalue weighted by molar-refractivity contribution is -0.115. The van der Waals surface area contributed by atoms with Crippen LogP contribution in [0.1, 0.15) is 22.3 Å². The van der Waals surface area contributed by atoms with Crippen LogP contribution in [-0.2, 0) is 36.5 Å². The third-order valence-electron chi connectivity index (χ3n) is 5.43. The minimum absolute atomic E-state index is 0.0109. The van der Waals surface area contributed by atoms with Crippen molar-refractivity contribution in [3.8, 4) is 23.9 Å². The number of carbonyl (C=O) groups is 2. The molecule has 0 aliphatic heterocycles. The maximum Gasteiger partial charge on any atom is 0.339 e. The van der Waals surface area contributed by atoms with E-state index in [1.54, 1.807) is 32.6 Å².